The minimum atomic E-state index is -0.304. The van der Waals surface area contributed by atoms with E-state index in [1.807, 2.05) is 13.8 Å². The van der Waals surface area contributed by atoms with E-state index in [2.05, 4.69) is 5.10 Å². The molecule has 0 atom stereocenters. The van der Waals surface area contributed by atoms with Gasteiger partial charge >= 0.3 is 0 Å². The second-order valence-corrected chi connectivity index (χ2v) is 6.88. The monoisotopic (exact) mass is 424 g/mol. The van der Waals surface area contributed by atoms with Crippen LogP contribution in [0.5, 0.6) is 11.5 Å². The number of benzene rings is 2. The molecule has 1 aromatic heterocycles. The highest BCUT2D eigenvalue weighted by atomic mass is 19.1. The number of hydrogen-bond acceptors (Lipinski definition) is 5. The predicted octanol–water partition coefficient (Wildman–Crippen LogP) is 4.56. The Kier molecular flexibility index (Phi) is 7.20. The molecule has 0 aliphatic carbocycles. The lowest BCUT2D eigenvalue weighted by Crippen LogP contribution is -2.06. The molecule has 0 aliphatic rings. The summed E-state index contributed by atoms with van der Waals surface area (Å²) in [6.07, 6.45) is 3.25. The fraction of sp³-hybridized carbons (Fsp3) is 0.250. The van der Waals surface area contributed by atoms with Crippen molar-refractivity contribution >= 4 is 11.9 Å². The number of allylic oxidation sites excluding steroid dienone is 1. The Balaban J connectivity index is 1.80. The molecule has 0 unspecified atom stereocenters. The van der Waals surface area contributed by atoms with Crippen molar-refractivity contribution in [3.05, 3.63) is 76.9 Å². The third kappa shape index (κ3) is 5.19. The van der Waals surface area contributed by atoms with E-state index in [0.717, 1.165) is 22.6 Å². The Morgan fingerprint density at radius 2 is 1.81 bits per heavy atom. The molecule has 3 rings (SSSR count). The molecule has 2 aromatic carbocycles. The minimum Gasteiger partial charge on any atom is -0.493 e. The number of ketones is 1. The van der Waals surface area contributed by atoms with Gasteiger partial charge in [0.15, 0.2) is 17.3 Å². The van der Waals surface area contributed by atoms with E-state index in [1.54, 1.807) is 48.2 Å². The molecule has 0 bridgehead atoms. The van der Waals surface area contributed by atoms with Crippen molar-refractivity contribution in [3.8, 4) is 17.2 Å². The van der Waals surface area contributed by atoms with Crippen molar-refractivity contribution in [2.75, 3.05) is 27.4 Å². The van der Waals surface area contributed by atoms with Crippen LogP contribution in [0.4, 0.5) is 4.39 Å². The standard InChI is InChI=1S/C24H25FN2O4/c1-16-21(17(2)27(26-16)20-8-6-19(25)7-9-20)10-11-22(28)18-5-12-23(24(15-18)30-4)31-14-13-29-3/h5-12,15H,13-14H2,1-4H3/b11-10+. The lowest BCUT2D eigenvalue weighted by atomic mass is 10.1. The van der Waals surface area contributed by atoms with Crippen LogP contribution >= 0.6 is 0 Å². The summed E-state index contributed by atoms with van der Waals surface area (Å²) in [7, 11) is 3.13. The first-order valence-electron chi connectivity index (χ1n) is 9.79. The summed E-state index contributed by atoms with van der Waals surface area (Å²) in [5.41, 5.74) is 3.69. The quantitative estimate of drug-likeness (QED) is 0.286. The second-order valence-electron chi connectivity index (χ2n) is 6.88. The van der Waals surface area contributed by atoms with Gasteiger partial charge in [0.25, 0.3) is 0 Å². The third-order valence-electron chi connectivity index (χ3n) is 4.81. The molecule has 0 amide bonds. The fourth-order valence-electron chi connectivity index (χ4n) is 3.16. The van der Waals surface area contributed by atoms with Gasteiger partial charge in [0, 0.05) is 23.9 Å². The van der Waals surface area contributed by atoms with Crippen LogP contribution < -0.4 is 9.47 Å². The van der Waals surface area contributed by atoms with Crippen molar-refractivity contribution in [2.45, 2.75) is 13.8 Å². The first kappa shape index (κ1) is 22.2. The van der Waals surface area contributed by atoms with E-state index < -0.39 is 0 Å². The molecule has 0 saturated heterocycles. The summed E-state index contributed by atoms with van der Waals surface area (Å²) in [5, 5.41) is 4.52. The number of aryl methyl sites for hydroxylation is 1. The molecule has 0 N–H and O–H groups in total. The number of ether oxygens (including phenoxy) is 3. The average molecular weight is 424 g/mol. The van der Waals surface area contributed by atoms with Crippen LogP contribution in [0.3, 0.4) is 0 Å². The van der Waals surface area contributed by atoms with Crippen LogP contribution in [0, 0.1) is 19.7 Å². The number of carbonyl (C=O) groups excluding carboxylic acids is 1. The van der Waals surface area contributed by atoms with E-state index in [0.29, 0.717) is 30.3 Å². The van der Waals surface area contributed by atoms with Gasteiger partial charge in [0.1, 0.15) is 12.4 Å². The van der Waals surface area contributed by atoms with Crippen LogP contribution in [0.25, 0.3) is 11.8 Å². The molecule has 3 aromatic rings. The normalized spacial score (nSPS) is 11.1. The zero-order chi connectivity index (χ0) is 22.4. The summed E-state index contributed by atoms with van der Waals surface area (Å²) in [4.78, 5) is 12.7. The van der Waals surface area contributed by atoms with Gasteiger partial charge in [-0.15, -0.1) is 0 Å². The van der Waals surface area contributed by atoms with Gasteiger partial charge < -0.3 is 14.2 Å². The Hall–Kier alpha value is -3.45. The van der Waals surface area contributed by atoms with Gasteiger partial charge in [-0.25, -0.2) is 9.07 Å². The maximum Gasteiger partial charge on any atom is 0.185 e. The Bertz CT molecular complexity index is 1090. The topological polar surface area (TPSA) is 62.6 Å². The number of hydrogen-bond donors (Lipinski definition) is 0. The first-order valence-corrected chi connectivity index (χ1v) is 9.79. The summed E-state index contributed by atoms with van der Waals surface area (Å²) in [6.45, 7) is 4.61. The smallest absolute Gasteiger partial charge is 0.185 e. The molecule has 0 fully saturated rings. The highest BCUT2D eigenvalue weighted by molar-refractivity contribution is 6.07. The van der Waals surface area contributed by atoms with E-state index in [4.69, 9.17) is 14.2 Å². The van der Waals surface area contributed by atoms with Gasteiger partial charge in [-0.1, -0.05) is 0 Å². The Labute approximate surface area is 180 Å². The number of aromatic nitrogens is 2. The molecule has 31 heavy (non-hydrogen) atoms. The zero-order valence-electron chi connectivity index (χ0n) is 18.0. The summed E-state index contributed by atoms with van der Waals surface area (Å²) in [5.74, 6) is 0.552. The molecule has 0 spiro atoms. The number of carbonyl (C=O) groups is 1. The van der Waals surface area contributed by atoms with Crippen molar-refractivity contribution < 1.29 is 23.4 Å². The lowest BCUT2D eigenvalue weighted by molar-refractivity contribution is 0.104. The Morgan fingerprint density at radius 3 is 2.48 bits per heavy atom. The van der Waals surface area contributed by atoms with Gasteiger partial charge in [0.2, 0.25) is 0 Å². The van der Waals surface area contributed by atoms with Gasteiger partial charge in [0.05, 0.1) is 25.1 Å². The largest absolute Gasteiger partial charge is 0.493 e. The van der Waals surface area contributed by atoms with Crippen LogP contribution in [0.2, 0.25) is 0 Å². The molecular formula is C24H25FN2O4. The van der Waals surface area contributed by atoms with Crippen LogP contribution in [-0.2, 0) is 4.74 Å². The van der Waals surface area contributed by atoms with Crippen molar-refractivity contribution in [1.29, 1.82) is 0 Å². The summed E-state index contributed by atoms with van der Waals surface area (Å²) in [6, 6.07) is 11.2. The number of nitrogens with zero attached hydrogens (tertiary/aromatic N) is 2. The first-order chi connectivity index (χ1) is 14.9. The Morgan fingerprint density at radius 1 is 1.06 bits per heavy atom. The highest BCUT2D eigenvalue weighted by Gasteiger charge is 2.13. The molecule has 0 aliphatic heterocycles. The minimum absolute atomic E-state index is 0.171. The highest BCUT2D eigenvalue weighted by Crippen LogP contribution is 2.28. The molecule has 0 radical (unpaired) electrons. The average Bonchev–Trinajstić information content (AvgIpc) is 3.06. The number of methoxy groups -OCH3 is 2. The van der Waals surface area contributed by atoms with E-state index in [9.17, 15) is 9.18 Å². The van der Waals surface area contributed by atoms with Crippen molar-refractivity contribution in [2.24, 2.45) is 0 Å². The lowest BCUT2D eigenvalue weighted by Gasteiger charge is -2.11. The maximum absolute atomic E-state index is 13.2. The summed E-state index contributed by atoms with van der Waals surface area (Å²) < 4.78 is 30.9. The van der Waals surface area contributed by atoms with E-state index >= 15 is 0 Å². The molecule has 6 nitrogen and oxygen atoms in total. The van der Waals surface area contributed by atoms with Crippen molar-refractivity contribution in [3.63, 3.8) is 0 Å². The van der Waals surface area contributed by atoms with E-state index in [1.165, 1.54) is 25.3 Å². The van der Waals surface area contributed by atoms with Crippen molar-refractivity contribution in [1.82, 2.24) is 9.78 Å². The maximum atomic E-state index is 13.2. The summed E-state index contributed by atoms with van der Waals surface area (Å²) >= 11 is 0. The van der Waals surface area contributed by atoms with E-state index in [-0.39, 0.29) is 11.6 Å². The SMILES string of the molecule is COCCOc1ccc(C(=O)/C=C/c2c(C)nn(-c3ccc(F)cc3)c2C)cc1OC. The molecule has 1 heterocycles. The molecule has 0 saturated carbocycles. The van der Waals surface area contributed by atoms with Crippen LogP contribution in [0.1, 0.15) is 27.3 Å². The molecule has 162 valence electrons. The number of rotatable bonds is 9. The van der Waals surface area contributed by atoms with Crippen LogP contribution in [0.15, 0.2) is 48.5 Å². The van der Waals surface area contributed by atoms with Crippen LogP contribution in [-0.4, -0.2) is 43.0 Å². The second kappa shape index (κ2) is 10.0. The fourth-order valence-corrected chi connectivity index (χ4v) is 3.16. The van der Waals surface area contributed by atoms with Gasteiger partial charge in [-0.2, -0.15) is 5.10 Å². The van der Waals surface area contributed by atoms with Gasteiger partial charge in [-0.3, -0.25) is 4.79 Å². The number of halogens is 1. The molecular weight excluding hydrogens is 399 g/mol. The predicted molar refractivity (Wildman–Crippen MR) is 117 cm³/mol. The van der Waals surface area contributed by atoms with Gasteiger partial charge in [-0.05, 0) is 68.5 Å². The third-order valence-corrected chi connectivity index (χ3v) is 4.81. The molecule has 7 heteroatoms. The zero-order valence-corrected chi connectivity index (χ0v) is 18.0.